The molecule has 4 heteroatoms. The van der Waals surface area contributed by atoms with E-state index in [-0.39, 0.29) is 23.7 Å². The summed E-state index contributed by atoms with van der Waals surface area (Å²) in [4.78, 5) is 11.3. The third-order valence-corrected chi connectivity index (χ3v) is 1.93. The lowest BCUT2D eigenvalue weighted by Crippen LogP contribution is -2.46. The van der Waals surface area contributed by atoms with Crippen molar-refractivity contribution in [3.63, 3.8) is 0 Å². The molecule has 0 aromatic heterocycles. The molecule has 0 saturated carbocycles. The Kier molecular flexibility index (Phi) is 2.61. The Morgan fingerprint density at radius 2 is 2.23 bits per heavy atom. The topological polar surface area (TPSA) is 58.6 Å². The second-order valence-electron chi connectivity index (χ2n) is 3.87. The molecule has 0 saturated heterocycles. The summed E-state index contributed by atoms with van der Waals surface area (Å²) < 4.78 is 4.86. The fourth-order valence-corrected chi connectivity index (χ4v) is 1.41. The van der Waals surface area contributed by atoms with E-state index in [0.29, 0.717) is 12.1 Å². The second-order valence-corrected chi connectivity index (χ2v) is 3.87. The Bertz CT molecular complexity index is 256. The average molecular weight is 185 g/mol. The zero-order chi connectivity index (χ0) is 10.1. The number of ketones is 1. The standard InChI is InChI=1S/C9H15NO3/c1-9(2)4-7(11)8(12)6(10-9)5-13-3/h10,12H,4-5H2,1-3H3. The van der Waals surface area contributed by atoms with Crippen LogP contribution in [-0.4, -0.2) is 30.1 Å². The molecule has 0 amide bonds. The highest BCUT2D eigenvalue weighted by molar-refractivity contribution is 5.95. The van der Waals surface area contributed by atoms with Gasteiger partial charge >= 0.3 is 0 Å². The molecule has 74 valence electrons. The number of Topliss-reactive ketones (excluding diaryl/α,β-unsaturated/α-hetero) is 1. The van der Waals surface area contributed by atoms with E-state index in [9.17, 15) is 9.90 Å². The van der Waals surface area contributed by atoms with Crippen LogP contribution in [0.4, 0.5) is 0 Å². The maximum absolute atomic E-state index is 11.3. The predicted octanol–water partition coefficient (Wildman–Crippen LogP) is 0.743. The Morgan fingerprint density at radius 1 is 1.62 bits per heavy atom. The molecule has 1 rings (SSSR count). The van der Waals surface area contributed by atoms with Crippen molar-refractivity contribution in [2.24, 2.45) is 0 Å². The van der Waals surface area contributed by atoms with Crippen LogP contribution in [0.15, 0.2) is 11.5 Å². The summed E-state index contributed by atoms with van der Waals surface area (Å²) in [5, 5.41) is 12.4. The summed E-state index contributed by atoms with van der Waals surface area (Å²) in [5.41, 5.74) is 0.181. The van der Waals surface area contributed by atoms with Gasteiger partial charge in [0.15, 0.2) is 5.76 Å². The van der Waals surface area contributed by atoms with Crippen molar-refractivity contribution in [2.75, 3.05) is 13.7 Å². The molecular weight excluding hydrogens is 170 g/mol. The van der Waals surface area contributed by atoms with Gasteiger partial charge in [-0.15, -0.1) is 0 Å². The van der Waals surface area contributed by atoms with Crippen molar-refractivity contribution in [1.29, 1.82) is 0 Å². The highest BCUT2D eigenvalue weighted by Gasteiger charge is 2.31. The normalized spacial score (nSPS) is 21.6. The third-order valence-electron chi connectivity index (χ3n) is 1.93. The SMILES string of the molecule is COCC1=C(O)C(=O)CC(C)(C)N1. The highest BCUT2D eigenvalue weighted by Crippen LogP contribution is 2.20. The summed E-state index contributed by atoms with van der Waals surface area (Å²) in [6.45, 7) is 4.06. The number of ether oxygens (including phenoxy) is 1. The van der Waals surface area contributed by atoms with Crippen LogP contribution in [0.5, 0.6) is 0 Å². The fraction of sp³-hybridized carbons (Fsp3) is 0.667. The first kappa shape index (κ1) is 10.1. The molecule has 13 heavy (non-hydrogen) atoms. The van der Waals surface area contributed by atoms with E-state index in [2.05, 4.69) is 5.32 Å². The number of carbonyl (C=O) groups excluding carboxylic acids is 1. The molecule has 0 fully saturated rings. The van der Waals surface area contributed by atoms with Gasteiger partial charge < -0.3 is 15.2 Å². The molecule has 0 aliphatic carbocycles. The zero-order valence-corrected chi connectivity index (χ0v) is 8.18. The van der Waals surface area contributed by atoms with Crippen LogP contribution in [0.2, 0.25) is 0 Å². The van der Waals surface area contributed by atoms with Crippen molar-refractivity contribution in [1.82, 2.24) is 5.32 Å². The Balaban J connectivity index is 2.89. The van der Waals surface area contributed by atoms with E-state index in [1.807, 2.05) is 13.8 Å². The van der Waals surface area contributed by atoms with Gasteiger partial charge in [-0.3, -0.25) is 4.79 Å². The first-order valence-corrected chi connectivity index (χ1v) is 4.19. The van der Waals surface area contributed by atoms with Crippen molar-refractivity contribution in [3.05, 3.63) is 11.5 Å². The molecule has 1 heterocycles. The Hall–Kier alpha value is -1.03. The maximum atomic E-state index is 11.3. The number of rotatable bonds is 2. The lowest BCUT2D eigenvalue weighted by molar-refractivity contribution is -0.120. The lowest BCUT2D eigenvalue weighted by Gasteiger charge is -2.32. The molecule has 0 atom stereocenters. The molecule has 1 aliphatic heterocycles. The number of nitrogens with one attached hydrogen (secondary N) is 1. The molecule has 1 aliphatic rings. The molecule has 0 bridgehead atoms. The minimum atomic E-state index is -0.294. The van der Waals surface area contributed by atoms with Crippen LogP contribution < -0.4 is 5.32 Å². The molecule has 0 unspecified atom stereocenters. The van der Waals surface area contributed by atoms with E-state index < -0.39 is 0 Å². The summed E-state index contributed by atoms with van der Waals surface area (Å²) in [6.07, 6.45) is 0.312. The predicted molar refractivity (Wildman–Crippen MR) is 48.4 cm³/mol. The summed E-state index contributed by atoms with van der Waals surface area (Å²) in [6, 6.07) is 0. The first-order chi connectivity index (χ1) is 5.96. The van der Waals surface area contributed by atoms with Gasteiger partial charge in [0, 0.05) is 19.1 Å². The van der Waals surface area contributed by atoms with Gasteiger partial charge in [0.2, 0.25) is 5.78 Å². The number of methoxy groups -OCH3 is 1. The average Bonchev–Trinajstić information content (AvgIpc) is 1.99. The molecule has 4 nitrogen and oxygen atoms in total. The Morgan fingerprint density at radius 3 is 2.77 bits per heavy atom. The number of aliphatic hydroxyl groups excluding tert-OH is 1. The molecule has 0 aromatic rings. The van der Waals surface area contributed by atoms with Gasteiger partial charge in [-0.25, -0.2) is 0 Å². The van der Waals surface area contributed by atoms with E-state index in [1.165, 1.54) is 7.11 Å². The van der Waals surface area contributed by atoms with Crippen molar-refractivity contribution >= 4 is 5.78 Å². The first-order valence-electron chi connectivity index (χ1n) is 4.19. The molecule has 2 N–H and O–H groups in total. The van der Waals surface area contributed by atoms with Gasteiger partial charge in [0.25, 0.3) is 0 Å². The number of allylic oxidation sites excluding steroid dienone is 1. The van der Waals surface area contributed by atoms with Gasteiger partial charge in [-0.05, 0) is 13.8 Å². The highest BCUT2D eigenvalue weighted by atomic mass is 16.5. The lowest BCUT2D eigenvalue weighted by atomic mass is 9.92. The summed E-state index contributed by atoms with van der Waals surface area (Å²) in [7, 11) is 1.52. The van der Waals surface area contributed by atoms with Gasteiger partial charge in [0.05, 0.1) is 12.3 Å². The van der Waals surface area contributed by atoms with Crippen LogP contribution in [0.3, 0.4) is 0 Å². The number of carbonyl (C=O) groups is 1. The fourth-order valence-electron chi connectivity index (χ4n) is 1.41. The van der Waals surface area contributed by atoms with Crippen molar-refractivity contribution in [3.8, 4) is 0 Å². The van der Waals surface area contributed by atoms with E-state index >= 15 is 0 Å². The molecule has 0 aromatic carbocycles. The quantitative estimate of drug-likeness (QED) is 0.666. The van der Waals surface area contributed by atoms with Gasteiger partial charge in [0.1, 0.15) is 0 Å². The molecule has 0 radical (unpaired) electrons. The number of hydrogen-bond donors (Lipinski definition) is 2. The second kappa shape index (κ2) is 3.38. The third kappa shape index (κ3) is 2.21. The summed E-state index contributed by atoms with van der Waals surface area (Å²) in [5.74, 6) is -0.419. The monoisotopic (exact) mass is 185 g/mol. The van der Waals surface area contributed by atoms with Gasteiger partial charge in [-0.2, -0.15) is 0 Å². The van der Waals surface area contributed by atoms with Crippen molar-refractivity contribution < 1.29 is 14.6 Å². The Labute approximate surface area is 77.6 Å². The minimum absolute atomic E-state index is 0.193. The van der Waals surface area contributed by atoms with E-state index in [4.69, 9.17) is 4.74 Å². The van der Waals surface area contributed by atoms with E-state index in [1.54, 1.807) is 0 Å². The van der Waals surface area contributed by atoms with E-state index in [0.717, 1.165) is 0 Å². The van der Waals surface area contributed by atoms with Crippen molar-refractivity contribution in [2.45, 2.75) is 25.8 Å². The smallest absolute Gasteiger partial charge is 0.201 e. The number of aliphatic hydroxyl groups is 1. The molecular formula is C9H15NO3. The van der Waals surface area contributed by atoms with Crippen LogP contribution >= 0.6 is 0 Å². The van der Waals surface area contributed by atoms with Crippen LogP contribution in [0.25, 0.3) is 0 Å². The minimum Gasteiger partial charge on any atom is -0.503 e. The van der Waals surface area contributed by atoms with Crippen LogP contribution in [0.1, 0.15) is 20.3 Å². The zero-order valence-electron chi connectivity index (χ0n) is 8.18. The molecule has 0 spiro atoms. The maximum Gasteiger partial charge on any atom is 0.201 e. The summed E-state index contributed by atoms with van der Waals surface area (Å²) >= 11 is 0. The van der Waals surface area contributed by atoms with Crippen LogP contribution in [0, 0.1) is 0 Å². The van der Waals surface area contributed by atoms with Gasteiger partial charge in [-0.1, -0.05) is 0 Å². The largest absolute Gasteiger partial charge is 0.503 e. The number of hydrogen-bond acceptors (Lipinski definition) is 4. The van der Waals surface area contributed by atoms with Crippen LogP contribution in [-0.2, 0) is 9.53 Å².